The van der Waals surface area contributed by atoms with Gasteiger partial charge in [-0.15, -0.1) is 20.4 Å². The summed E-state index contributed by atoms with van der Waals surface area (Å²) in [6.07, 6.45) is 2.02. The first-order valence-electron chi connectivity index (χ1n) is 6.02. The molecule has 2 atom stereocenters. The number of likely N-dealkylation sites (tertiary alicyclic amines) is 1. The van der Waals surface area contributed by atoms with Crippen LogP contribution < -0.4 is 10.6 Å². The molecule has 0 aliphatic carbocycles. The summed E-state index contributed by atoms with van der Waals surface area (Å²) in [6, 6.07) is 0.308. The fraction of sp³-hybridized carbons (Fsp3) is 0.400. The quantitative estimate of drug-likeness (QED) is 0.749. The Hall–Kier alpha value is -1.98. The Morgan fingerprint density at radius 1 is 1.00 bits per heavy atom. The maximum Gasteiger partial charge on any atom is 0.213 e. The Labute approximate surface area is 127 Å². The van der Waals surface area contributed by atoms with Gasteiger partial charge in [-0.3, -0.25) is 14.5 Å². The lowest BCUT2D eigenvalue weighted by molar-refractivity contribution is -0.106. The maximum atomic E-state index is 10.4. The third-order valence-corrected chi connectivity index (χ3v) is 5.16. The first-order valence-corrected chi connectivity index (χ1v) is 7.65. The average Bonchev–Trinajstić information content (AvgIpc) is 3.09. The standard InChI is InChI=1S/C10H11N7O2S2/c1-17-5(7-13-15-9(20-7)11-3-18)2-6(17)8-14-16-10(21-8)12-4-19/h3-6H,2H2,1H3,(H,11,15,18)(H,12,16,19)/t5-,6+. The lowest BCUT2D eigenvalue weighted by Gasteiger charge is -2.43. The van der Waals surface area contributed by atoms with Gasteiger partial charge in [0.15, 0.2) is 0 Å². The van der Waals surface area contributed by atoms with Crippen LogP contribution in [0.2, 0.25) is 0 Å². The third-order valence-electron chi connectivity index (χ3n) is 3.25. The molecule has 110 valence electrons. The summed E-state index contributed by atoms with van der Waals surface area (Å²) in [4.78, 5) is 22.9. The SMILES string of the molecule is CN1[C@@H](c2nnc(NC=O)s2)C[C@H]1c1nnc(NC=O)s1. The summed E-state index contributed by atoms with van der Waals surface area (Å²) in [5.41, 5.74) is 0. The molecule has 2 amide bonds. The van der Waals surface area contributed by atoms with E-state index in [0.717, 1.165) is 16.4 Å². The minimum Gasteiger partial charge on any atom is -0.303 e. The van der Waals surface area contributed by atoms with Crippen LogP contribution in [0.5, 0.6) is 0 Å². The first kappa shape index (κ1) is 14.0. The van der Waals surface area contributed by atoms with Gasteiger partial charge in [-0.2, -0.15) is 0 Å². The molecule has 1 aliphatic heterocycles. The molecule has 1 saturated heterocycles. The molecule has 2 N–H and O–H groups in total. The third kappa shape index (κ3) is 2.62. The number of nitrogens with one attached hydrogen (secondary N) is 2. The van der Waals surface area contributed by atoms with Gasteiger partial charge in [-0.1, -0.05) is 22.7 Å². The van der Waals surface area contributed by atoms with Crippen molar-refractivity contribution in [3.8, 4) is 0 Å². The lowest BCUT2D eigenvalue weighted by atomic mass is 9.95. The highest BCUT2D eigenvalue weighted by atomic mass is 32.1. The molecule has 0 radical (unpaired) electrons. The van der Waals surface area contributed by atoms with Gasteiger partial charge in [0.2, 0.25) is 23.1 Å². The highest BCUT2D eigenvalue weighted by molar-refractivity contribution is 7.15. The van der Waals surface area contributed by atoms with Gasteiger partial charge in [-0.05, 0) is 13.5 Å². The van der Waals surface area contributed by atoms with E-state index in [1.165, 1.54) is 22.7 Å². The Bertz CT molecular complexity index is 603. The molecule has 21 heavy (non-hydrogen) atoms. The fourth-order valence-corrected chi connectivity index (χ4v) is 3.86. The Morgan fingerprint density at radius 3 is 1.86 bits per heavy atom. The van der Waals surface area contributed by atoms with E-state index in [1.54, 1.807) is 0 Å². The Morgan fingerprint density at radius 2 is 1.48 bits per heavy atom. The number of hydrogen-bond acceptors (Lipinski definition) is 9. The van der Waals surface area contributed by atoms with E-state index in [0.29, 0.717) is 23.1 Å². The van der Waals surface area contributed by atoms with E-state index in [2.05, 4.69) is 35.9 Å². The topological polar surface area (TPSA) is 113 Å². The summed E-state index contributed by atoms with van der Waals surface area (Å²) >= 11 is 2.72. The van der Waals surface area contributed by atoms with Crippen molar-refractivity contribution in [2.45, 2.75) is 18.5 Å². The number of hydrogen-bond donors (Lipinski definition) is 2. The molecule has 0 bridgehead atoms. The van der Waals surface area contributed by atoms with Crippen molar-refractivity contribution >= 4 is 45.8 Å². The smallest absolute Gasteiger partial charge is 0.213 e. The van der Waals surface area contributed by atoms with Crippen LogP contribution in [-0.2, 0) is 9.59 Å². The Kier molecular flexibility index (Phi) is 3.86. The molecule has 9 nitrogen and oxygen atoms in total. The van der Waals surface area contributed by atoms with Crippen LogP contribution in [0.4, 0.5) is 10.3 Å². The van der Waals surface area contributed by atoms with Crippen molar-refractivity contribution in [3.63, 3.8) is 0 Å². The second-order valence-electron chi connectivity index (χ2n) is 4.35. The van der Waals surface area contributed by atoms with Crippen LogP contribution in [0, 0.1) is 0 Å². The molecule has 2 aromatic rings. The van der Waals surface area contributed by atoms with Crippen LogP contribution in [0.25, 0.3) is 0 Å². The predicted molar refractivity (Wildman–Crippen MR) is 77.1 cm³/mol. The van der Waals surface area contributed by atoms with E-state index in [-0.39, 0.29) is 12.1 Å². The maximum absolute atomic E-state index is 10.4. The van der Waals surface area contributed by atoms with E-state index < -0.39 is 0 Å². The number of aromatic nitrogens is 4. The van der Waals surface area contributed by atoms with Crippen LogP contribution >= 0.6 is 22.7 Å². The fourth-order valence-electron chi connectivity index (χ4n) is 2.13. The lowest BCUT2D eigenvalue weighted by Crippen LogP contribution is -2.40. The second kappa shape index (κ2) is 5.79. The molecular formula is C10H11N7O2S2. The zero-order valence-corrected chi connectivity index (χ0v) is 12.5. The molecule has 0 unspecified atom stereocenters. The number of amides is 2. The number of carbonyl (C=O) groups is 2. The predicted octanol–water partition coefficient (Wildman–Crippen LogP) is 0.644. The van der Waals surface area contributed by atoms with Gasteiger partial charge in [0.05, 0.1) is 12.1 Å². The molecule has 1 fully saturated rings. The van der Waals surface area contributed by atoms with Crippen molar-refractivity contribution in [1.82, 2.24) is 25.3 Å². The van der Waals surface area contributed by atoms with E-state index in [4.69, 9.17) is 0 Å². The van der Waals surface area contributed by atoms with Crippen LogP contribution in [0.15, 0.2) is 0 Å². The minimum absolute atomic E-state index is 0.154. The van der Waals surface area contributed by atoms with Gasteiger partial charge in [0.25, 0.3) is 0 Å². The summed E-state index contributed by atoms with van der Waals surface area (Å²) in [6.45, 7) is 0. The molecular weight excluding hydrogens is 314 g/mol. The molecule has 2 aromatic heterocycles. The summed E-state index contributed by atoms with van der Waals surface area (Å²) in [5.74, 6) is 0. The van der Waals surface area contributed by atoms with Crippen molar-refractivity contribution in [3.05, 3.63) is 10.0 Å². The van der Waals surface area contributed by atoms with Crippen molar-refractivity contribution < 1.29 is 9.59 Å². The zero-order chi connectivity index (χ0) is 14.8. The van der Waals surface area contributed by atoms with Gasteiger partial charge >= 0.3 is 0 Å². The molecule has 0 saturated carbocycles. The molecule has 3 heterocycles. The highest BCUT2D eigenvalue weighted by Crippen LogP contribution is 2.48. The van der Waals surface area contributed by atoms with Gasteiger partial charge in [0.1, 0.15) is 10.0 Å². The van der Waals surface area contributed by atoms with E-state index in [9.17, 15) is 9.59 Å². The van der Waals surface area contributed by atoms with E-state index >= 15 is 0 Å². The van der Waals surface area contributed by atoms with Gasteiger partial charge < -0.3 is 10.6 Å². The summed E-state index contributed by atoms with van der Waals surface area (Å²) < 4.78 is 0. The van der Waals surface area contributed by atoms with E-state index in [1.807, 2.05) is 7.05 Å². The highest BCUT2D eigenvalue weighted by Gasteiger charge is 2.41. The number of carbonyl (C=O) groups excluding carboxylic acids is 2. The van der Waals surface area contributed by atoms with Gasteiger partial charge in [0, 0.05) is 0 Å². The summed E-state index contributed by atoms with van der Waals surface area (Å²) in [7, 11) is 1.97. The molecule has 0 aromatic carbocycles. The number of anilines is 2. The summed E-state index contributed by atoms with van der Waals surface area (Å²) in [5, 5.41) is 23.6. The largest absolute Gasteiger partial charge is 0.303 e. The normalized spacial score (nSPS) is 21.6. The first-order chi connectivity index (χ1) is 10.2. The van der Waals surface area contributed by atoms with Crippen molar-refractivity contribution in [2.24, 2.45) is 0 Å². The van der Waals surface area contributed by atoms with Crippen LogP contribution in [0.1, 0.15) is 28.5 Å². The molecule has 1 aliphatic rings. The molecule has 3 rings (SSSR count). The monoisotopic (exact) mass is 325 g/mol. The Balaban J connectivity index is 1.67. The molecule has 0 spiro atoms. The average molecular weight is 325 g/mol. The zero-order valence-electron chi connectivity index (χ0n) is 10.9. The van der Waals surface area contributed by atoms with Crippen LogP contribution in [-0.4, -0.2) is 45.2 Å². The van der Waals surface area contributed by atoms with Crippen molar-refractivity contribution in [1.29, 1.82) is 0 Å². The van der Waals surface area contributed by atoms with Crippen molar-refractivity contribution in [2.75, 3.05) is 17.7 Å². The minimum atomic E-state index is 0.154. The van der Waals surface area contributed by atoms with Gasteiger partial charge in [-0.25, -0.2) is 0 Å². The number of nitrogens with zero attached hydrogens (tertiary/aromatic N) is 5. The molecule has 11 heteroatoms. The van der Waals surface area contributed by atoms with Crippen LogP contribution in [0.3, 0.4) is 0 Å². The second-order valence-corrected chi connectivity index (χ2v) is 6.37. The number of rotatable bonds is 6.